The van der Waals surface area contributed by atoms with Crippen LogP contribution in [0.4, 0.5) is 5.69 Å². The molecule has 1 N–H and O–H groups in total. The van der Waals surface area contributed by atoms with E-state index in [1.807, 2.05) is 18.2 Å². The van der Waals surface area contributed by atoms with Crippen LogP contribution in [0.25, 0.3) is 0 Å². The summed E-state index contributed by atoms with van der Waals surface area (Å²) in [5, 5.41) is 3.42. The molecule has 1 aromatic carbocycles. The van der Waals surface area contributed by atoms with Gasteiger partial charge in [-0.15, -0.1) is 0 Å². The van der Waals surface area contributed by atoms with Crippen LogP contribution in [0, 0.1) is 0 Å². The minimum absolute atomic E-state index is 0.233. The Morgan fingerprint density at radius 2 is 2.15 bits per heavy atom. The van der Waals surface area contributed by atoms with Gasteiger partial charge in [-0.25, -0.2) is 0 Å². The van der Waals surface area contributed by atoms with E-state index in [4.69, 9.17) is 14.2 Å². The number of hydrogen-bond acceptors (Lipinski definition) is 5. The van der Waals surface area contributed by atoms with E-state index >= 15 is 0 Å². The van der Waals surface area contributed by atoms with Crippen molar-refractivity contribution in [2.45, 2.75) is 26.0 Å². The molecule has 2 aliphatic heterocycles. The molecule has 0 bridgehead atoms. The predicted octanol–water partition coefficient (Wildman–Crippen LogP) is 1.94. The molecule has 1 atom stereocenters. The smallest absolute Gasteiger partial charge is 0.231 e. The number of nitrogens with zero attached hydrogens (tertiary/aromatic N) is 1. The summed E-state index contributed by atoms with van der Waals surface area (Å²) in [7, 11) is 0. The van der Waals surface area contributed by atoms with Crippen molar-refractivity contribution in [2.75, 3.05) is 38.4 Å². The first kappa shape index (κ1) is 13.5. The minimum atomic E-state index is 0.233. The van der Waals surface area contributed by atoms with Gasteiger partial charge >= 0.3 is 0 Å². The van der Waals surface area contributed by atoms with Crippen molar-refractivity contribution in [3.63, 3.8) is 0 Å². The number of anilines is 1. The first-order chi connectivity index (χ1) is 9.72. The number of ether oxygens (including phenoxy) is 3. The SMILES string of the molecule is CC(C)N1CCOC(CNc2ccc3c(c2)OCO3)C1. The summed E-state index contributed by atoms with van der Waals surface area (Å²) in [6, 6.07) is 6.50. The molecule has 1 fully saturated rings. The van der Waals surface area contributed by atoms with Crippen LogP contribution >= 0.6 is 0 Å². The molecular formula is C15H22N2O3. The molecule has 1 unspecified atom stereocenters. The lowest BCUT2D eigenvalue weighted by Crippen LogP contribution is -2.48. The highest BCUT2D eigenvalue weighted by Crippen LogP contribution is 2.34. The van der Waals surface area contributed by atoms with Gasteiger partial charge in [-0.3, -0.25) is 4.90 Å². The lowest BCUT2D eigenvalue weighted by atomic mass is 10.2. The van der Waals surface area contributed by atoms with Gasteiger partial charge in [0, 0.05) is 37.4 Å². The van der Waals surface area contributed by atoms with Crippen LogP contribution in [0.2, 0.25) is 0 Å². The van der Waals surface area contributed by atoms with E-state index in [1.54, 1.807) is 0 Å². The highest BCUT2D eigenvalue weighted by molar-refractivity contribution is 5.55. The third kappa shape index (κ3) is 2.99. The van der Waals surface area contributed by atoms with Gasteiger partial charge in [-0.2, -0.15) is 0 Å². The standard InChI is InChI=1S/C15H22N2O3/c1-11(2)17-5-6-18-13(9-17)8-16-12-3-4-14-15(7-12)20-10-19-14/h3-4,7,11,13,16H,5-6,8-10H2,1-2H3. The summed E-state index contributed by atoms with van der Waals surface area (Å²) < 4.78 is 16.5. The van der Waals surface area contributed by atoms with Crippen molar-refractivity contribution < 1.29 is 14.2 Å². The average Bonchev–Trinajstić information content (AvgIpc) is 2.93. The van der Waals surface area contributed by atoms with E-state index in [0.29, 0.717) is 12.8 Å². The van der Waals surface area contributed by atoms with E-state index in [-0.39, 0.29) is 6.10 Å². The minimum Gasteiger partial charge on any atom is -0.454 e. The van der Waals surface area contributed by atoms with Crippen molar-refractivity contribution in [1.82, 2.24) is 4.90 Å². The van der Waals surface area contributed by atoms with Crippen molar-refractivity contribution in [3.8, 4) is 11.5 Å². The van der Waals surface area contributed by atoms with Gasteiger partial charge in [0.1, 0.15) is 0 Å². The second kappa shape index (κ2) is 5.89. The van der Waals surface area contributed by atoms with Crippen LogP contribution in [0.15, 0.2) is 18.2 Å². The van der Waals surface area contributed by atoms with Crippen molar-refractivity contribution in [1.29, 1.82) is 0 Å². The Labute approximate surface area is 119 Å². The van der Waals surface area contributed by atoms with E-state index in [0.717, 1.165) is 43.4 Å². The molecule has 0 spiro atoms. The fraction of sp³-hybridized carbons (Fsp3) is 0.600. The van der Waals surface area contributed by atoms with Gasteiger partial charge in [0.15, 0.2) is 11.5 Å². The molecule has 5 heteroatoms. The van der Waals surface area contributed by atoms with E-state index in [2.05, 4.69) is 24.1 Å². The highest BCUT2D eigenvalue weighted by Gasteiger charge is 2.22. The topological polar surface area (TPSA) is 43.0 Å². The summed E-state index contributed by atoms with van der Waals surface area (Å²) in [6.07, 6.45) is 0.233. The largest absolute Gasteiger partial charge is 0.454 e. The van der Waals surface area contributed by atoms with Gasteiger partial charge in [-0.05, 0) is 26.0 Å². The van der Waals surface area contributed by atoms with Gasteiger partial charge < -0.3 is 19.5 Å². The van der Waals surface area contributed by atoms with Crippen LogP contribution in [-0.2, 0) is 4.74 Å². The zero-order valence-corrected chi connectivity index (χ0v) is 12.1. The number of rotatable bonds is 4. The molecule has 1 aromatic rings. The molecule has 0 aromatic heterocycles. The Hall–Kier alpha value is -1.46. The lowest BCUT2D eigenvalue weighted by Gasteiger charge is -2.35. The van der Waals surface area contributed by atoms with Crippen LogP contribution < -0.4 is 14.8 Å². The van der Waals surface area contributed by atoms with Crippen LogP contribution in [0.3, 0.4) is 0 Å². The Morgan fingerprint density at radius 1 is 1.30 bits per heavy atom. The number of benzene rings is 1. The van der Waals surface area contributed by atoms with Crippen molar-refractivity contribution in [3.05, 3.63) is 18.2 Å². The fourth-order valence-corrected chi connectivity index (χ4v) is 2.57. The molecule has 5 nitrogen and oxygen atoms in total. The summed E-state index contributed by atoms with van der Waals surface area (Å²) in [4.78, 5) is 2.45. The molecule has 110 valence electrons. The summed E-state index contributed by atoms with van der Waals surface area (Å²) in [6.45, 7) is 8.40. The highest BCUT2D eigenvalue weighted by atomic mass is 16.7. The van der Waals surface area contributed by atoms with Gasteiger partial charge in [0.2, 0.25) is 6.79 Å². The third-order valence-electron chi connectivity index (χ3n) is 3.81. The maximum Gasteiger partial charge on any atom is 0.231 e. The van der Waals surface area contributed by atoms with E-state index in [1.165, 1.54) is 0 Å². The Morgan fingerprint density at radius 3 is 3.00 bits per heavy atom. The van der Waals surface area contributed by atoms with Crippen molar-refractivity contribution >= 4 is 5.69 Å². The maximum absolute atomic E-state index is 5.81. The second-order valence-electron chi connectivity index (χ2n) is 5.53. The lowest BCUT2D eigenvalue weighted by molar-refractivity contribution is -0.0315. The van der Waals surface area contributed by atoms with E-state index in [9.17, 15) is 0 Å². The molecule has 1 saturated heterocycles. The normalized spacial score (nSPS) is 22.2. The summed E-state index contributed by atoms with van der Waals surface area (Å²) >= 11 is 0. The molecule has 20 heavy (non-hydrogen) atoms. The molecule has 0 saturated carbocycles. The summed E-state index contributed by atoms with van der Waals surface area (Å²) in [5.74, 6) is 1.62. The molecule has 3 rings (SSSR count). The molecule has 2 aliphatic rings. The zero-order valence-electron chi connectivity index (χ0n) is 12.1. The maximum atomic E-state index is 5.81. The predicted molar refractivity (Wildman–Crippen MR) is 77.5 cm³/mol. The third-order valence-corrected chi connectivity index (χ3v) is 3.81. The fourth-order valence-electron chi connectivity index (χ4n) is 2.57. The van der Waals surface area contributed by atoms with Crippen LogP contribution in [0.1, 0.15) is 13.8 Å². The number of morpholine rings is 1. The number of hydrogen-bond donors (Lipinski definition) is 1. The Kier molecular flexibility index (Phi) is 3.98. The number of nitrogens with one attached hydrogen (secondary N) is 1. The molecule has 0 radical (unpaired) electrons. The summed E-state index contributed by atoms with van der Waals surface area (Å²) in [5.41, 5.74) is 1.04. The Balaban J connectivity index is 1.54. The Bertz CT molecular complexity index is 464. The van der Waals surface area contributed by atoms with Crippen LogP contribution in [0.5, 0.6) is 11.5 Å². The van der Waals surface area contributed by atoms with Gasteiger partial charge in [-0.1, -0.05) is 0 Å². The first-order valence-corrected chi connectivity index (χ1v) is 7.21. The first-order valence-electron chi connectivity index (χ1n) is 7.21. The average molecular weight is 278 g/mol. The van der Waals surface area contributed by atoms with Crippen LogP contribution in [-0.4, -0.2) is 50.1 Å². The quantitative estimate of drug-likeness (QED) is 0.911. The number of fused-ring (bicyclic) bond motifs is 1. The van der Waals surface area contributed by atoms with E-state index < -0.39 is 0 Å². The zero-order chi connectivity index (χ0) is 13.9. The molecule has 0 aliphatic carbocycles. The second-order valence-corrected chi connectivity index (χ2v) is 5.53. The monoisotopic (exact) mass is 278 g/mol. The molecule has 2 heterocycles. The molecule has 0 amide bonds. The molecular weight excluding hydrogens is 256 g/mol. The van der Waals surface area contributed by atoms with Gasteiger partial charge in [0.05, 0.1) is 12.7 Å². The van der Waals surface area contributed by atoms with Crippen molar-refractivity contribution in [2.24, 2.45) is 0 Å². The van der Waals surface area contributed by atoms with Gasteiger partial charge in [0.25, 0.3) is 0 Å².